The molecule has 0 radical (unpaired) electrons. The van der Waals surface area contributed by atoms with Crippen molar-refractivity contribution in [1.29, 1.82) is 0 Å². The summed E-state index contributed by atoms with van der Waals surface area (Å²) in [7, 11) is 0. The highest BCUT2D eigenvalue weighted by Crippen LogP contribution is 2.20. The Morgan fingerprint density at radius 2 is 1.90 bits per heavy atom. The lowest BCUT2D eigenvalue weighted by Crippen LogP contribution is -2.51. The zero-order valence-electron chi connectivity index (χ0n) is 13.6. The molecule has 4 heteroatoms. The van der Waals surface area contributed by atoms with Crippen LogP contribution in [0, 0.1) is 13.8 Å². The molecule has 0 aliphatic carbocycles. The minimum Gasteiger partial charge on any atom is -0.481 e. The Morgan fingerprint density at radius 1 is 1.24 bits per heavy atom. The lowest BCUT2D eigenvalue weighted by Gasteiger charge is -2.35. The van der Waals surface area contributed by atoms with Crippen molar-refractivity contribution in [3.63, 3.8) is 0 Å². The van der Waals surface area contributed by atoms with Crippen LogP contribution in [0.5, 0.6) is 5.75 Å². The number of piperazine rings is 1. The minimum atomic E-state index is -0.431. The number of carbonyl (C=O) groups excluding carboxylic acids is 1. The standard InChI is InChI=1S/C17H26N2O2/c1-5-18-8-10-19(11-9-18)17(20)15(4)21-16-7-6-13(2)12-14(16)3/h6-7,12,15H,5,8-11H2,1-4H3/t15-/m0/s1. The van der Waals surface area contributed by atoms with E-state index in [4.69, 9.17) is 4.74 Å². The summed E-state index contributed by atoms with van der Waals surface area (Å²) in [6.45, 7) is 12.6. The number of hydrogen-bond donors (Lipinski definition) is 0. The van der Waals surface area contributed by atoms with E-state index in [-0.39, 0.29) is 5.91 Å². The van der Waals surface area contributed by atoms with Crippen LogP contribution in [-0.2, 0) is 4.79 Å². The van der Waals surface area contributed by atoms with Gasteiger partial charge in [0.1, 0.15) is 5.75 Å². The molecule has 1 heterocycles. The van der Waals surface area contributed by atoms with Crippen molar-refractivity contribution in [2.24, 2.45) is 0 Å². The smallest absolute Gasteiger partial charge is 0.263 e. The summed E-state index contributed by atoms with van der Waals surface area (Å²) in [6, 6.07) is 6.04. The van der Waals surface area contributed by atoms with E-state index in [0.29, 0.717) is 0 Å². The molecule has 1 amide bonds. The average molecular weight is 290 g/mol. The number of ether oxygens (including phenoxy) is 1. The van der Waals surface area contributed by atoms with Gasteiger partial charge in [0.2, 0.25) is 0 Å². The first-order valence-electron chi connectivity index (χ1n) is 7.76. The molecule has 0 spiro atoms. The molecule has 0 saturated carbocycles. The Bertz CT molecular complexity index is 494. The van der Waals surface area contributed by atoms with Gasteiger partial charge in [0.25, 0.3) is 5.91 Å². The lowest BCUT2D eigenvalue weighted by atomic mass is 10.1. The number of rotatable bonds is 4. The van der Waals surface area contributed by atoms with Gasteiger partial charge in [-0.15, -0.1) is 0 Å². The van der Waals surface area contributed by atoms with E-state index < -0.39 is 6.10 Å². The number of benzene rings is 1. The molecule has 1 aromatic carbocycles. The van der Waals surface area contributed by atoms with E-state index >= 15 is 0 Å². The quantitative estimate of drug-likeness (QED) is 0.852. The fraction of sp³-hybridized carbons (Fsp3) is 0.588. The van der Waals surface area contributed by atoms with Crippen LogP contribution in [-0.4, -0.2) is 54.5 Å². The zero-order valence-corrected chi connectivity index (χ0v) is 13.6. The van der Waals surface area contributed by atoms with Crippen LogP contribution in [0.3, 0.4) is 0 Å². The van der Waals surface area contributed by atoms with Crippen molar-refractivity contribution < 1.29 is 9.53 Å². The third-order valence-electron chi connectivity index (χ3n) is 4.11. The number of amides is 1. The SMILES string of the molecule is CCN1CCN(C(=O)[C@H](C)Oc2ccc(C)cc2C)CC1. The normalized spacial score (nSPS) is 17.6. The maximum atomic E-state index is 12.5. The predicted octanol–water partition coefficient (Wildman–Crippen LogP) is 2.23. The summed E-state index contributed by atoms with van der Waals surface area (Å²) < 4.78 is 5.86. The minimum absolute atomic E-state index is 0.0886. The molecule has 0 bridgehead atoms. The molecular formula is C17H26N2O2. The maximum Gasteiger partial charge on any atom is 0.263 e. The van der Waals surface area contributed by atoms with Crippen molar-refractivity contribution in [1.82, 2.24) is 9.80 Å². The molecule has 4 nitrogen and oxygen atoms in total. The summed E-state index contributed by atoms with van der Waals surface area (Å²) in [4.78, 5) is 16.7. The van der Waals surface area contributed by atoms with Crippen LogP contribution >= 0.6 is 0 Å². The number of hydrogen-bond acceptors (Lipinski definition) is 3. The number of likely N-dealkylation sites (N-methyl/N-ethyl adjacent to an activating group) is 1. The van der Waals surface area contributed by atoms with E-state index in [1.54, 1.807) is 0 Å². The zero-order chi connectivity index (χ0) is 15.4. The molecule has 1 saturated heterocycles. The molecule has 1 aliphatic heterocycles. The first-order valence-corrected chi connectivity index (χ1v) is 7.76. The molecule has 0 aromatic heterocycles. The van der Waals surface area contributed by atoms with E-state index in [9.17, 15) is 4.79 Å². The molecule has 116 valence electrons. The number of aryl methyl sites for hydroxylation is 2. The lowest BCUT2D eigenvalue weighted by molar-refractivity contribution is -0.139. The van der Waals surface area contributed by atoms with Gasteiger partial charge < -0.3 is 14.5 Å². The highest BCUT2D eigenvalue weighted by Gasteiger charge is 2.25. The monoisotopic (exact) mass is 290 g/mol. The first-order chi connectivity index (χ1) is 10.0. The molecule has 1 aliphatic rings. The van der Waals surface area contributed by atoms with E-state index in [2.05, 4.69) is 24.8 Å². The summed E-state index contributed by atoms with van der Waals surface area (Å²) in [6.07, 6.45) is -0.431. The van der Waals surface area contributed by atoms with Crippen molar-refractivity contribution >= 4 is 5.91 Å². The largest absolute Gasteiger partial charge is 0.481 e. The average Bonchev–Trinajstić information content (AvgIpc) is 2.49. The predicted molar refractivity (Wildman–Crippen MR) is 84.7 cm³/mol. The molecule has 2 rings (SSSR count). The van der Waals surface area contributed by atoms with E-state index in [1.807, 2.05) is 30.9 Å². The fourth-order valence-electron chi connectivity index (χ4n) is 2.71. The first kappa shape index (κ1) is 15.8. The van der Waals surface area contributed by atoms with Crippen molar-refractivity contribution in [2.75, 3.05) is 32.7 Å². The molecule has 1 fully saturated rings. The third kappa shape index (κ3) is 3.97. The van der Waals surface area contributed by atoms with Crippen LogP contribution in [0.2, 0.25) is 0 Å². The maximum absolute atomic E-state index is 12.5. The second kappa shape index (κ2) is 6.94. The summed E-state index contributed by atoms with van der Waals surface area (Å²) in [5, 5.41) is 0. The Balaban J connectivity index is 1.93. The second-order valence-corrected chi connectivity index (χ2v) is 5.79. The van der Waals surface area contributed by atoms with Gasteiger partial charge in [-0.3, -0.25) is 4.79 Å². The van der Waals surface area contributed by atoms with Gasteiger partial charge in [-0.2, -0.15) is 0 Å². The Labute approximate surface area is 127 Å². The number of nitrogens with zero attached hydrogens (tertiary/aromatic N) is 2. The highest BCUT2D eigenvalue weighted by molar-refractivity contribution is 5.81. The van der Waals surface area contributed by atoms with Gasteiger partial charge in [-0.25, -0.2) is 0 Å². The summed E-state index contributed by atoms with van der Waals surface area (Å²) >= 11 is 0. The topological polar surface area (TPSA) is 32.8 Å². The molecular weight excluding hydrogens is 264 g/mol. The Morgan fingerprint density at radius 3 is 2.48 bits per heavy atom. The molecule has 0 unspecified atom stereocenters. The summed E-state index contributed by atoms with van der Waals surface area (Å²) in [5.74, 6) is 0.888. The van der Waals surface area contributed by atoms with Gasteiger partial charge in [0.15, 0.2) is 6.10 Å². The van der Waals surface area contributed by atoms with Crippen LogP contribution in [0.15, 0.2) is 18.2 Å². The van der Waals surface area contributed by atoms with E-state index in [0.717, 1.165) is 44.0 Å². The van der Waals surface area contributed by atoms with Gasteiger partial charge >= 0.3 is 0 Å². The Kier molecular flexibility index (Phi) is 5.23. The van der Waals surface area contributed by atoms with Gasteiger partial charge in [-0.05, 0) is 38.9 Å². The van der Waals surface area contributed by atoms with Gasteiger partial charge in [0, 0.05) is 26.2 Å². The van der Waals surface area contributed by atoms with Gasteiger partial charge in [0.05, 0.1) is 0 Å². The van der Waals surface area contributed by atoms with Gasteiger partial charge in [-0.1, -0.05) is 24.6 Å². The molecule has 1 atom stereocenters. The van der Waals surface area contributed by atoms with Crippen LogP contribution in [0.1, 0.15) is 25.0 Å². The molecule has 1 aromatic rings. The third-order valence-corrected chi connectivity index (χ3v) is 4.11. The van der Waals surface area contributed by atoms with Crippen molar-refractivity contribution in [2.45, 2.75) is 33.8 Å². The highest BCUT2D eigenvalue weighted by atomic mass is 16.5. The molecule has 21 heavy (non-hydrogen) atoms. The van der Waals surface area contributed by atoms with Crippen molar-refractivity contribution in [3.8, 4) is 5.75 Å². The molecule has 0 N–H and O–H groups in total. The number of carbonyl (C=O) groups is 1. The van der Waals surface area contributed by atoms with Crippen molar-refractivity contribution in [3.05, 3.63) is 29.3 Å². The summed E-state index contributed by atoms with van der Waals surface area (Å²) in [5.41, 5.74) is 2.28. The Hall–Kier alpha value is -1.55. The van der Waals surface area contributed by atoms with Crippen LogP contribution in [0.4, 0.5) is 0 Å². The van der Waals surface area contributed by atoms with E-state index in [1.165, 1.54) is 5.56 Å². The fourth-order valence-corrected chi connectivity index (χ4v) is 2.71. The second-order valence-electron chi connectivity index (χ2n) is 5.79. The van der Waals surface area contributed by atoms with Crippen LogP contribution < -0.4 is 4.74 Å². The van der Waals surface area contributed by atoms with Crippen LogP contribution in [0.25, 0.3) is 0 Å².